The minimum atomic E-state index is 0.213. The van der Waals surface area contributed by atoms with E-state index in [0.717, 1.165) is 37.1 Å². The van der Waals surface area contributed by atoms with Crippen LogP contribution in [0.3, 0.4) is 0 Å². The highest BCUT2D eigenvalue weighted by atomic mass is 79.9. The monoisotopic (exact) mass is 326 g/mol. The number of aromatic nitrogens is 1. The molecule has 1 saturated heterocycles. The van der Waals surface area contributed by atoms with Crippen molar-refractivity contribution in [3.63, 3.8) is 0 Å². The van der Waals surface area contributed by atoms with E-state index in [2.05, 4.69) is 46.1 Å². The Kier molecular flexibility index (Phi) is 5.37. The van der Waals surface area contributed by atoms with Crippen LogP contribution in [0.1, 0.15) is 32.3 Å². The van der Waals surface area contributed by atoms with Crippen molar-refractivity contribution in [1.29, 1.82) is 0 Å². The molecular weight excluding hydrogens is 304 g/mol. The summed E-state index contributed by atoms with van der Waals surface area (Å²) >= 11 is 3.50. The molecule has 1 aliphatic rings. The summed E-state index contributed by atoms with van der Waals surface area (Å²) in [5.41, 5.74) is 1.50. The van der Waals surface area contributed by atoms with Gasteiger partial charge in [-0.1, -0.05) is 13.8 Å². The van der Waals surface area contributed by atoms with E-state index in [1.807, 2.05) is 12.4 Å². The lowest BCUT2D eigenvalue weighted by Crippen LogP contribution is -2.44. The van der Waals surface area contributed by atoms with Crippen LogP contribution >= 0.6 is 15.9 Å². The molecule has 3 nitrogen and oxygen atoms in total. The second-order valence-corrected chi connectivity index (χ2v) is 6.80. The summed E-state index contributed by atoms with van der Waals surface area (Å²) in [5.74, 6) is 0. The average Bonchev–Trinajstić information content (AvgIpc) is 2.38. The molecule has 1 atom stereocenters. The topological polar surface area (TPSA) is 34.2 Å². The van der Waals surface area contributed by atoms with Crippen molar-refractivity contribution >= 4 is 15.9 Å². The van der Waals surface area contributed by atoms with Crippen molar-refractivity contribution in [1.82, 2.24) is 10.3 Å². The number of halogens is 1. The van der Waals surface area contributed by atoms with Crippen LogP contribution < -0.4 is 5.32 Å². The maximum atomic E-state index is 5.75. The van der Waals surface area contributed by atoms with E-state index in [9.17, 15) is 0 Å². The first-order valence-corrected chi connectivity index (χ1v) is 7.80. The van der Waals surface area contributed by atoms with E-state index in [4.69, 9.17) is 4.74 Å². The summed E-state index contributed by atoms with van der Waals surface area (Å²) < 4.78 is 6.80. The van der Waals surface area contributed by atoms with Crippen LogP contribution in [-0.2, 0) is 11.2 Å². The summed E-state index contributed by atoms with van der Waals surface area (Å²) in [6.07, 6.45) is 7.20. The first kappa shape index (κ1) is 14.9. The van der Waals surface area contributed by atoms with E-state index in [1.54, 1.807) is 0 Å². The van der Waals surface area contributed by atoms with Gasteiger partial charge in [0.2, 0.25) is 0 Å². The molecule has 0 saturated carbocycles. The number of hydrogen-bond donors (Lipinski definition) is 1. The number of nitrogens with one attached hydrogen (secondary N) is 1. The fourth-order valence-corrected chi connectivity index (χ4v) is 3.07. The third-order valence-corrected chi connectivity index (χ3v) is 4.06. The fourth-order valence-electron chi connectivity index (χ4n) is 2.66. The minimum absolute atomic E-state index is 0.213. The lowest BCUT2D eigenvalue weighted by molar-refractivity contribution is -0.00806. The minimum Gasteiger partial charge on any atom is -0.381 e. The van der Waals surface area contributed by atoms with Gasteiger partial charge in [0.1, 0.15) is 0 Å². The molecule has 0 aromatic carbocycles. The summed E-state index contributed by atoms with van der Waals surface area (Å²) in [5, 5.41) is 3.58. The van der Waals surface area contributed by atoms with Gasteiger partial charge in [0, 0.05) is 41.5 Å². The molecule has 19 heavy (non-hydrogen) atoms. The van der Waals surface area contributed by atoms with Crippen LogP contribution in [0.15, 0.2) is 22.9 Å². The zero-order valence-electron chi connectivity index (χ0n) is 11.8. The Balaban J connectivity index is 2.08. The second-order valence-electron chi connectivity index (χ2n) is 5.88. The molecule has 4 heteroatoms. The summed E-state index contributed by atoms with van der Waals surface area (Å²) in [6, 6.07) is 2.68. The van der Waals surface area contributed by atoms with Crippen molar-refractivity contribution < 1.29 is 4.74 Å². The molecule has 1 N–H and O–H groups in total. The normalized spacial score (nSPS) is 23.8. The molecule has 0 amide bonds. The van der Waals surface area contributed by atoms with Gasteiger partial charge in [0.15, 0.2) is 0 Å². The van der Waals surface area contributed by atoms with Gasteiger partial charge >= 0.3 is 0 Å². The van der Waals surface area contributed by atoms with Gasteiger partial charge in [-0.2, -0.15) is 0 Å². The number of pyridine rings is 1. The van der Waals surface area contributed by atoms with Gasteiger partial charge in [-0.05, 0) is 46.8 Å². The average molecular weight is 327 g/mol. The zero-order chi connectivity index (χ0) is 13.7. The maximum absolute atomic E-state index is 5.75. The van der Waals surface area contributed by atoms with Gasteiger partial charge in [0.05, 0.1) is 6.61 Å². The molecule has 0 radical (unpaired) electrons. The van der Waals surface area contributed by atoms with Crippen LogP contribution in [0.5, 0.6) is 0 Å². The highest BCUT2D eigenvalue weighted by Crippen LogP contribution is 2.32. The summed E-state index contributed by atoms with van der Waals surface area (Å²) in [7, 11) is 0. The molecule has 106 valence electrons. The van der Waals surface area contributed by atoms with E-state index >= 15 is 0 Å². The van der Waals surface area contributed by atoms with Crippen LogP contribution in [0.2, 0.25) is 0 Å². The van der Waals surface area contributed by atoms with Crippen molar-refractivity contribution in [2.24, 2.45) is 5.41 Å². The Morgan fingerprint density at radius 2 is 2.32 bits per heavy atom. The fraction of sp³-hybridized carbons (Fsp3) is 0.667. The summed E-state index contributed by atoms with van der Waals surface area (Å²) in [4.78, 5) is 4.27. The number of hydrogen-bond acceptors (Lipinski definition) is 3. The first-order valence-electron chi connectivity index (χ1n) is 7.00. The molecule has 0 spiro atoms. The molecule has 0 aliphatic carbocycles. The standard InChI is InChI=1S/C15H23BrN2O/c1-12(2)18-10-15(4-3-5-19-11-15)7-13-6-14(16)9-17-8-13/h6,8-9,12,18H,3-5,7,10-11H2,1-2H3. The molecule has 0 bridgehead atoms. The van der Waals surface area contributed by atoms with Crippen LogP contribution in [-0.4, -0.2) is 30.8 Å². The highest BCUT2D eigenvalue weighted by molar-refractivity contribution is 9.10. The van der Waals surface area contributed by atoms with Gasteiger partial charge in [-0.15, -0.1) is 0 Å². The molecule has 1 unspecified atom stereocenters. The van der Waals surface area contributed by atoms with E-state index in [0.29, 0.717) is 6.04 Å². The molecule has 1 aliphatic heterocycles. The Labute approximate surface area is 124 Å². The first-order chi connectivity index (χ1) is 9.10. The Hall–Kier alpha value is -0.450. The van der Waals surface area contributed by atoms with Crippen LogP contribution in [0.4, 0.5) is 0 Å². The quantitative estimate of drug-likeness (QED) is 0.902. The zero-order valence-corrected chi connectivity index (χ0v) is 13.4. The van der Waals surface area contributed by atoms with Crippen molar-refractivity contribution in [2.75, 3.05) is 19.8 Å². The Morgan fingerprint density at radius 3 is 2.95 bits per heavy atom. The smallest absolute Gasteiger partial charge is 0.0537 e. The van der Waals surface area contributed by atoms with E-state index in [1.165, 1.54) is 12.0 Å². The predicted molar refractivity (Wildman–Crippen MR) is 81.3 cm³/mol. The number of nitrogens with zero attached hydrogens (tertiary/aromatic N) is 1. The predicted octanol–water partition coefficient (Wildman–Crippen LogP) is 3.18. The van der Waals surface area contributed by atoms with Crippen LogP contribution in [0.25, 0.3) is 0 Å². The SMILES string of the molecule is CC(C)NCC1(Cc2cncc(Br)c2)CCCOC1. The summed E-state index contributed by atoms with van der Waals surface area (Å²) in [6.45, 7) is 7.15. The third-order valence-electron chi connectivity index (χ3n) is 3.63. The molecule has 1 aromatic heterocycles. The maximum Gasteiger partial charge on any atom is 0.0537 e. The highest BCUT2D eigenvalue weighted by Gasteiger charge is 2.33. The van der Waals surface area contributed by atoms with Crippen molar-refractivity contribution in [2.45, 2.75) is 39.2 Å². The molecule has 1 aromatic rings. The molecule has 2 heterocycles. The lowest BCUT2D eigenvalue weighted by atomic mass is 9.77. The van der Waals surface area contributed by atoms with Gasteiger partial charge < -0.3 is 10.1 Å². The van der Waals surface area contributed by atoms with Crippen molar-refractivity contribution in [3.05, 3.63) is 28.5 Å². The van der Waals surface area contributed by atoms with Crippen molar-refractivity contribution in [3.8, 4) is 0 Å². The van der Waals surface area contributed by atoms with Gasteiger partial charge in [0.25, 0.3) is 0 Å². The second kappa shape index (κ2) is 6.82. The number of rotatable bonds is 5. The molecule has 1 fully saturated rings. The van der Waals surface area contributed by atoms with Crippen LogP contribution in [0, 0.1) is 5.41 Å². The van der Waals surface area contributed by atoms with E-state index < -0.39 is 0 Å². The van der Waals surface area contributed by atoms with Gasteiger partial charge in [-0.25, -0.2) is 0 Å². The Bertz CT molecular complexity index is 403. The number of ether oxygens (including phenoxy) is 1. The third kappa shape index (κ3) is 4.55. The van der Waals surface area contributed by atoms with E-state index in [-0.39, 0.29) is 5.41 Å². The molecule has 2 rings (SSSR count). The lowest BCUT2D eigenvalue weighted by Gasteiger charge is -2.38. The van der Waals surface area contributed by atoms with Gasteiger partial charge in [-0.3, -0.25) is 4.98 Å². The molecular formula is C15H23BrN2O. The largest absolute Gasteiger partial charge is 0.381 e. The Morgan fingerprint density at radius 1 is 1.47 bits per heavy atom.